The van der Waals surface area contributed by atoms with Gasteiger partial charge >= 0.3 is 0 Å². The Morgan fingerprint density at radius 3 is 2.50 bits per heavy atom. The molecule has 0 aliphatic carbocycles. The Kier molecular flexibility index (Phi) is 4.34. The lowest BCUT2D eigenvalue weighted by molar-refractivity contribution is 0.310. The average Bonchev–Trinajstić information content (AvgIpc) is 2.65. The Morgan fingerprint density at radius 2 is 1.73 bits per heavy atom. The van der Waals surface area contributed by atoms with Crippen LogP contribution in [-0.4, -0.2) is 32.1 Å². The summed E-state index contributed by atoms with van der Waals surface area (Å²) in [6, 6.07) is 16.9. The second-order valence-corrected chi connectivity index (χ2v) is 6.36. The third kappa shape index (κ3) is 3.09. The molecule has 1 heterocycles. The molecule has 0 aromatic heterocycles. The van der Waals surface area contributed by atoms with Gasteiger partial charge in [0.15, 0.2) is 0 Å². The predicted molar refractivity (Wildman–Crippen MR) is 91.9 cm³/mol. The van der Waals surface area contributed by atoms with Crippen LogP contribution in [0.4, 0.5) is 11.4 Å². The van der Waals surface area contributed by atoms with E-state index in [1.165, 1.54) is 11.3 Å². The molecular weight excluding hydrogens is 272 g/mol. The largest absolute Gasteiger partial charge is 0.487 e. The van der Waals surface area contributed by atoms with Crippen LogP contribution in [-0.2, 0) is 6.61 Å². The normalized spacial score (nSPS) is 14.8. The van der Waals surface area contributed by atoms with E-state index >= 15 is 0 Å². The van der Waals surface area contributed by atoms with Gasteiger partial charge in [-0.1, -0.05) is 37.3 Å². The Bertz CT molecular complexity index is 591. The molecule has 0 saturated carbocycles. The molecule has 1 atom stereocenters. The molecule has 116 valence electrons. The van der Waals surface area contributed by atoms with Crippen LogP contribution in [0.1, 0.15) is 12.5 Å². The van der Waals surface area contributed by atoms with Gasteiger partial charge in [-0.15, -0.1) is 0 Å². The molecule has 1 aliphatic rings. The van der Waals surface area contributed by atoms with Gasteiger partial charge < -0.3 is 14.5 Å². The summed E-state index contributed by atoms with van der Waals surface area (Å²) in [5, 5.41) is 0. The highest BCUT2D eigenvalue weighted by atomic mass is 16.5. The smallest absolute Gasteiger partial charge is 0.143 e. The number of anilines is 2. The molecule has 22 heavy (non-hydrogen) atoms. The number of para-hydroxylation sites is 3. The molecule has 0 unspecified atom stereocenters. The first-order valence-electron chi connectivity index (χ1n) is 7.87. The maximum atomic E-state index is 6.02. The topological polar surface area (TPSA) is 15.7 Å². The van der Waals surface area contributed by atoms with Crippen molar-refractivity contribution in [2.75, 3.05) is 32.1 Å². The highest BCUT2D eigenvalue weighted by Gasteiger charge is 2.22. The van der Waals surface area contributed by atoms with Crippen molar-refractivity contribution in [2.24, 2.45) is 5.92 Å². The lowest BCUT2D eigenvalue weighted by Gasteiger charge is -2.29. The summed E-state index contributed by atoms with van der Waals surface area (Å²) in [5.74, 6) is 1.53. The van der Waals surface area contributed by atoms with Crippen molar-refractivity contribution in [3.05, 3.63) is 54.1 Å². The summed E-state index contributed by atoms with van der Waals surface area (Å²) < 4.78 is 6.02. The van der Waals surface area contributed by atoms with E-state index in [0.717, 1.165) is 24.5 Å². The van der Waals surface area contributed by atoms with Crippen LogP contribution in [0.15, 0.2) is 48.5 Å². The first kappa shape index (κ1) is 14.9. The maximum absolute atomic E-state index is 6.02. The first-order valence-corrected chi connectivity index (χ1v) is 7.87. The Balaban J connectivity index is 1.99. The van der Waals surface area contributed by atoms with E-state index < -0.39 is 0 Å². The zero-order chi connectivity index (χ0) is 15.5. The number of benzene rings is 2. The molecule has 0 radical (unpaired) electrons. The number of ether oxygens (including phenoxy) is 1. The van der Waals surface area contributed by atoms with Crippen LogP contribution in [0.25, 0.3) is 0 Å². The van der Waals surface area contributed by atoms with Gasteiger partial charge in [-0.3, -0.25) is 0 Å². The molecule has 0 fully saturated rings. The fourth-order valence-electron chi connectivity index (χ4n) is 3.17. The van der Waals surface area contributed by atoms with Gasteiger partial charge in [0.1, 0.15) is 12.4 Å². The summed E-state index contributed by atoms with van der Waals surface area (Å²) >= 11 is 0. The molecule has 2 aromatic rings. The number of hydrogen-bond donors (Lipinski definition) is 0. The summed E-state index contributed by atoms with van der Waals surface area (Å²) in [6.07, 6.45) is 0. The molecule has 0 spiro atoms. The number of hydrogen-bond acceptors (Lipinski definition) is 3. The van der Waals surface area contributed by atoms with Crippen molar-refractivity contribution in [1.29, 1.82) is 0 Å². The zero-order valence-corrected chi connectivity index (χ0v) is 13.6. The fourth-order valence-corrected chi connectivity index (χ4v) is 3.17. The minimum atomic E-state index is 0.564. The number of nitrogens with zero attached hydrogens (tertiary/aromatic N) is 2. The quantitative estimate of drug-likeness (QED) is 0.850. The van der Waals surface area contributed by atoms with Gasteiger partial charge in [0.05, 0.1) is 5.69 Å². The maximum Gasteiger partial charge on any atom is 0.143 e. The lowest BCUT2D eigenvalue weighted by atomic mass is 10.1. The van der Waals surface area contributed by atoms with E-state index in [1.54, 1.807) is 0 Å². The van der Waals surface area contributed by atoms with Crippen LogP contribution in [0.5, 0.6) is 5.75 Å². The van der Waals surface area contributed by atoms with Gasteiger partial charge in [0.25, 0.3) is 0 Å². The highest BCUT2D eigenvalue weighted by Crippen LogP contribution is 2.39. The Labute approximate surface area is 133 Å². The minimum absolute atomic E-state index is 0.564. The molecule has 0 amide bonds. The molecule has 3 rings (SSSR count). The average molecular weight is 296 g/mol. The van der Waals surface area contributed by atoms with Crippen molar-refractivity contribution >= 4 is 11.4 Å². The molecule has 3 heteroatoms. The summed E-state index contributed by atoms with van der Waals surface area (Å²) in [5.41, 5.74) is 3.67. The van der Waals surface area contributed by atoms with Crippen LogP contribution in [0.2, 0.25) is 0 Å². The van der Waals surface area contributed by atoms with E-state index in [-0.39, 0.29) is 0 Å². The molecule has 2 aromatic carbocycles. The molecule has 1 aliphatic heterocycles. The first-order chi connectivity index (χ1) is 10.6. The third-order valence-corrected chi connectivity index (χ3v) is 3.99. The Morgan fingerprint density at radius 1 is 1.05 bits per heavy atom. The van der Waals surface area contributed by atoms with Crippen LogP contribution >= 0.6 is 0 Å². The van der Waals surface area contributed by atoms with Crippen molar-refractivity contribution in [3.63, 3.8) is 0 Å². The van der Waals surface area contributed by atoms with Crippen LogP contribution in [0, 0.1) is 5.92 Å². The van der Waals surface area contributed by atoms with E-state index in [9.17, 15) is 0 Å². The minimum Gasteiger partial charge on any atom is -0.487 e. The molecule has 0 N–H and O–H groups in total. The van der Waals surface area contributed by atoms with Crippen molar-refractivity contribution in [1.82, 2.24) is 4.90 Å². The Hall–Kier alpha value is -2.00. The molecule has 0 bridgehead atoms. The fraction of sp³-hybridized carbons (Fsp3) is 0.368. The summed E-state index contributed by atoms with van der Waals surface area (Å²) in [4.78, 5) is 4.66. The van der Waals surface area contributed by atoms with E-state index in [1.807, 2.05) is 6.07 Å². The van der Waals surface area contributed by atoms with Crippen LogP contribution in [0.3, 0.4) is 0 Å². The predicted octanol–water partition coefficient (Wildman–Crippen LogP) is 3.91. The summed E-state index contributed by atoms with van der Waals surface area (Å²) in [7, 11) is 4.26. The van der Waals surface area contributed by atoms with Crippen molar-refractivity contribution in [2.45, 2.75) is 13.5 Å². The van der Waals surface area contributed by atoms with Gasteiger partial charge in [-0.05, 0) is 38.2 Å². The number of fused-ring (bicyclic) bond motifs is 2. The lowest BCUT2D eigenvalue weighted by Crippen LogP contribution is -2.30. The van der Waals surface area contributed by atoms with Gasteiger partial charge in [-0.2, -0.15) is 0 Å². The van der Waals surface area contributed by atoms with Gasteiger partial charge in [0, 0.05) is 24.3 Å². The van der Waals surface area contributed by atoms with Crippen molar-refractivity contribution < 1.29 is 4.74 Å². The van der Waals surface area contributed by atoms with Gasteiger partial charge in [-0.25, -0.2) is 0 Å². The second kappa shape index (κ2) is 6.41. The van der Waals surface area contributed by atoms with Crippen molar-refractivity contribution in [3.8, 4) is 5.75 Å². The number of rotatable bonds is 4. The summed E-state index contributed by atoms with van der Waals surface area (Å²) in [6.45, 7) is 4.99. The molecule has 0 saturated heterocycles. The highest BCUT2D eigenvalue weighted by molar-refractivity contribution is 5.72. The zero-order valence-electron chi connectivity index (χ0n) is 13.6. The van der Waals surface area contributed by atoms with E-state index in [0.29, 0.717) is 12.5 Å². The standard InChI is InChI=1S/C19H24N2O/c1-15(12-20(2)3)13-21-17-9-5-4-8-16(17)14-22-19-11-7-6-10-18(19)21/h4-11,15H,12-14H2,1-3H3/t15-/m1/s1. The van der Waals surface area contributed by atoms with Gasteiger partial charge in [0.2, 0.25) is 0 Å². The third-order valence-electron chi connectivity index (χ3n) is 3.99. The second-order valence-electron chi connectivity index (χ2n) is 6.36. The monoisotopic (exact) mass is 296 g/mol. The molecule has 3 nitrogen and oxygen atoms in total. The SMILES string of the molecule is C[C@H](CN(C)C)CN1c2ccccc2COc2ccccc21. The van der Waals surface area contributed by atoms with E-state index in [4.69, 9.17) is 4.74 Å². The van der Waals surface area contributed by atoms with Crippen LogP contribution < -0.4 is 9.64 Å². The molecular formula is C19H24N2O. The van der Waals surface area contributed by atoms with E-state index in [2.05, 4.69) is 73.3 Å².